The Morgan fingerprint density at radius 1 is 0.320 bits per heavy atom. The highest BCUT2D eigenvalue weighted by atomic mass is 16.3. The molecule has 0 radical (unpaired) electrons. The number of rotatable bonds is 5. The summed E-state index contributed by atoms with van der Waals surface area (Å²) in [6, 6.07) is 67.3. The minimum absolute atomic E-state index is 0.867. The molecule has 0 fully saturated rings. The molecule has 0 aliphatic heterocycles. The van der Waals surface area contributed by atoms with Crippen LogP contribution >= 0.6 is 0 Å². The van der Waals surface area contributed by atoms with Crippen molar-refractivity contribution in [1.29, 1.82) is 0 Å². The van der Waals surface area contributed by atoms with Crippen LogP contribution in [0.5, 0.6) is 0 Å². The monoisotopic (exact) mass is 637 g/mol. The first kappa shape index (κ1) is 28.4. The van der Waals surface area contributed by atoms with Gasteiger partial charge in [0.1, 0.15) is 11.2 Å². The van der Waals surface area contributed by atoms with Crippen LogP contribution in [0.25, 0.3) is 76.5 Å². The highest BCUT2D eigenvalue weighted by Crippen LogP contribution is 2.44. The molecule has 0 saturated heterocycles. The summed E-state index contributed by atoms with van der Waals surface area (Å²) in [7, 11) is 0. The second kappa shape index (κ2) is 11.5. The Bertz CT molecular complexity index is 2860. The fraction of sp³-hybridized carbons (Fsp3) is 0. The molecule has 234 valence electrons. The van der Waals surface area contributed by atoms with Gasteiger partial charge in [-0.25, -0.2) is 0 Å². The summed E-state index contributed by atoms with van der Waals surface area (Å²) in [6.07, 6.45) is 0. The molecule has 0 amide bonds. The highest BCUT2D eigenvalue weighted by molar-refractivity contribution is 6.23. The van der Waals surface area contributed by atoms with Crippen molar-refractivity contribution in [3.05, 3.63) is 188 Å². The number of furan rings is 1. The zero-order valence-corrected chi connectivity index (χ0v) is 27.3. The van der Waals surface area contributed by atoms with Crippen molar-refractivity contribution in [2.24, 2.45) is 0 Å². The summed E-state index contributed by atoms with van der Waals surface area (Å²) >= 11 is 0. The maximum atomic E-state index is 6.79. The molecular formula is C48H31NO. The van der Waals surface area contributed by atoms with Crippen molar-refractivity contribution in [2.45, 2.75) is 0 Å². The van der Waals surface area contributed by atoms with Crippen molar-refractivity contribution in [3.8, 4) is 22.3 Å². The smallest absolute Gasteiger partial charge is 0.137 e. The molecule has 10 rings (SSSR count). The Labute approximate surface area is 290 Å². The van der Waals surface area contributed by atoms with Gasteiger partial charge in [0.05, 0.1) is 0 Å². The van der Waals surface area contributed by atoms with Crippen LogP contribution in [0.4, 0.5) is 17.1 Å². The number of nitrogens with zero attached hydrogens (tertiary/aromatic N) is 1. The van der Waals surface area contributed by atoms with Gasteiger partial charge in [0, 0.05) is 33.9 Å². The van der Waals surface area contributed by atoms with Crippen molar-refractivity contribution in [1.82, 2.24) is 0 Å². The second-order valence-corrected chi connectivity index (χ2v) is 12.9. The van der Waals surface area contributed by atoms with E-state index in [0.717, 1.165) is 39.0 Å². The molecule has 50 heavy (non-hydrogen) atoms. The predicted octanol–water partition coefficient (Wildman–Crippen LogP) is 13.8. The van der Waals surface area contributed by atoms with E-state index in [4.69, 9.17) is 4.42 Å². The SMILES string of the molecule is c1ccc(N(c2ccc(-c3cccc4ccccc34)cc2)c2ccc3c(c2)oc2cc(-c4cccc5ccccc45)c4ccccc4c23)cc1. The molecule has 1 aromatic heterocycles. The number of anilines is 3. The topological polar surface area (TPSA) is 16.4 Å². The number of fused-ring (bicyclic) bond motifs is 7. The summed E-state index contributed by atoms with van der Waals surface area (Å²) in [5.41, 5.74) is 9.80. The Kier molecular flexibility index (Phi) is 6.53. The van der Waals surface area contributed by atoms with Gasteiger partial charge in [-0.15, -0.1) is 0 Å². The molecule has 0 spiro atoms. The third-order valence-electron chi connectivity index (χ3n) is 10.0. The van der Waals surface area contributed by atoms with Gasteiger partial charge < -0.3 is 9.32 Å². The van der Waals surface area contributed by atoms with E-state index < -0.39 is 0 Å². The minimum atomic E-state index is 0.867. The Balaban J connectivity index is 1.13. The molecule has 0 atom stereocenters. The first-order valence-electron chi connectivity index (χ1n) is 17.1. The molecular weight excluding hydrogens is 607 g/mol. The van der Waals surface area contributed by atoms with Gasteiger partial charge in [-0.1, -0.05) is 140 Å². The molecule has 0 unspecified atom stereocenters. The van der Waals surface area contributed by atoms with Gasteiger partial charge in [-0.05, 0) is 97.0 Å². The van der Waals surface area contributed by atoms with E-state index in [1.165, 1.54) is 54.6 Å². The van der Waals surface area contributed by atoms with Crippen LogP contribution in [-0.2, 0) is 0 Å². The van der Waals surface area contributed by atoms with Crippen LogP contribution in [0.2, 0.25) is 0 Å². The Hall–Kier alpha value is -6.64. The normalized spacial score (nSPS) is 11.6. The Morgan fingerprint density at radius 2 is 0.880 bits per heavy atom. The quantitative estimate of drug-likeness (QED) is 0.187. The van der Waals surface area contributed by atoms with Crippen LogP contribution in [-0.4, -0.2) is 0 Å². The lowest BCUT2D eigenvalue weighted by Crippen LogP contribution is -2.09. The number of benzene rings is 9. The molecule has 0 aliphatic rings. The number of para-hydroxylation sites is 1. The van der Waals surface area contributed by atoms with Gasteiger partial charge >= 0.3 is 0 Å². The van der Waals surface area contributed by atoms with Crippen LogP contribution < -0.4 is 4.90 Å². The first-order chi connectivity index (χ1) is 24.8. The van der Waals surface area contributed by atoms with E-state index in [9.17, 15) is 0 Å². The van der Waals surface area contributed by atoms with Gasteiger partial charge in [-0.2, -0.15) is 0 Å². The van der Waals surface area contributed by atoms with Crippen LogP contribution in [0.3, 0.4) is 0 Å². The summed E-state index contributed by atoms with van der Waals surface area (Å²) in [4.78, 5) is 2.30. The van der Waals surface area contributed by atoms with Crippen molar-refractivity contribution in [2.75, 3.05) is 4.90 Å². The van der Waals surface area contributed by atoms with E-state index in [2.05, 4.69) is 193 Å². The Morgan fingerprint density at radius 3 is 1.62 bits per heavy atom. The van der Waals surface area contributed by atoms with Gasteiger partial charge in [-0.3, -0.25) is 0 Å². The van der Waals surface area contributed by atoms with E-state index >= 15 is 0 Å². The summed E-state index contributed by atoms with van der Waals surface area (Å²) in [6.45, 7) is 0. The van der Waals surface area contributed by atoms with E-state index in [1.807, 2.05) is 0 Å². The summed E-state index contributed by atoms with van der Waals surface area (Å²) < 4.78 is 6.79. The number of hydrogen-bond acceptors (Lipinski definition) is 2. The number of hydrogen-bond donors (Lipinski definition) is 0. The largest absolute Gasteiger partial charge is 0.456 e. The highest BCUT2D eigenvalue weighted by Gasteiger charge is 2.19. The molecule has 2 heteroatoms. The van der Waals surface area contributed by atoms with Crippen LogP contribution in [0.15, 0.2) is 192 Å². The molecule has 0 saturated carbocycles. The third kappa shape index (κ3) is 4.57. The van der Waals surface area contributed by atoms with Gasteiger partial charge in [0.25, 0.3) is 0 Å². The predicted molar refractivity (Wildman–Crippen MR) is 212 cm³/mol. The lowest BCUT2D eigenvalue weighted by atomic mass is 9.92. The summed E-state index contributed by atoms with van der Waals surface area (Å²) in [5, 5.41) is 9.66. The summed E-state index contributed by atoms with van der Waals surface area (Å²) in [5.74, 6) is 0. The third-order valence-corrected chi connectivity index (χ3v) is 10.0. The lowest BCUT2D eigenvalue weighted by molar-refractivity contribution is 0.669. The first-order valence-corrected chi connectivity index (χ1v) is 17.1. The lowest BCUT2D eigenvalue weighted by Gasteiger charge is -2.25. The van der Waals surface area contributed by atoms with E-state index in [-0.39, 0.29) is 0 Å². The van der Waals surface area contributed by atoms with Gasteiger partial charge in [0.15, 0.2) is 0 Å². The molecule has 0 aliphatic carbocycles. The van der Waals surface area contributed by atoms with Crippen LogP contribution in [0.1, 0.15) is 0 Å². The zero-order chi connectivity index (χ0) is 33.0. The average molecular weight is 638 g/mol. The molecule has 10 aromatic rings. The molecule has 1 heterocycles. The minimum Gasteiger partial charge on any atom is -0.456 e. The van der Waals surface area contributed by atoms with Crippen LogP contribution in [0, 0.1) is 0 Å². The second-order valence-electron chi connectivity index (χ2n) is 12.9. The molecule has 0 N–H and O–H groups in total. The van der Waals surface area contributed by atoms with Crippen molar-refractivity contribution in [3.63, 3.8) is 0 Å². The van der Waals surface area contributed by atoms with E-state index in [0.29, 0.717) is 0 Å². The fourth-order valence-corrected chi connectivity index (χ4v) is 7.74. The maximum absolute atomic E-state index is 6.79. The molecule has 9 aromatic carbocycles. The van der Waals surface area contributed by atoms with E-state index in [1.54, 1.807) is 0 Å². The zero-order valence-electron chi connectivity index (χ0n) is 27.3. The molecule has 2 nitrogen and oxygen atoms in total. The van der Waals surface area contributed by atoms with Crippen molar-refractivity contribution >= 4 is 71.3 Å². The molecule has 0 bridgehead atoms. The average Bonchev–Trinajstić information content (AvgIpc) is 3.56. The standard InChI is InChI=1S/C48H31NO/c1-2-16-35(17-3-1)49(36-26-24-34(25-27-36)39-22-10-14-32-12-4-6-18-38(32)39)37-28-29-44-46(30-37)50-47-31-45(42-20-8-9-21-43(42)48(44)47)41-23-11-15-33-13-5-7-19-40(33)41/h1-31H. The maximum Gasteiger partial charge on any atom is 0.137 e. The van der Waals surface area contributed by atoms with Crippen molar-refractivity contribution < 1.29 is 4.42 Å². The van der Waals surface area contributed by atoms with Gasteiger partial charge in [0.2, 0.25) is 0 Å². The fourth-order valence-electron chi connectivity index (χ4n) is 7.74.